The smallest absolute Gasteiger partial charge is 0.161 e. The van der Waals surface area contributed by atoms with Crippen LogP contribution < -0.4 is 9.47 Å². The summed E-state index contributed by atoms with van der Waals surface area (Å²) in [4.78, 5) is 0.180. The zero-order chi connectivity index (χ0) is 28.9. The zero-order valence-corrected chi connectivity index (χ0v) is 13.1. The number of aryl methyl sites for hydroxylation is 1. The lowest BCUT2D eigenvalue weighted by atomic mass is 9.79. The molecule has 4 nitrogen and oxygen atoms in total. The van der Waals surface area contributed by atoms with Gasteiger partial charge in [-0.1, -0.05) is 13.8 Å². The predicted octanol–water partition coefficient (Wildman–Crippen LogP) is 3.03. The van der Waals surface area contributed by atoms with Crippen LogP contribution in [-0.2, 0) is 6.37 Å². The Labute approximate surface area is 159 Å². The van der Waals surface area contributed by atoms with Crippen molar-refractivity contribution >= 4 is 0 Å². The van der Waals surface area contributed by atoms with Gasteiger partial charge in [0.2, 0.25) is 0 Å². The summed E-state index contributed by atoms with van der Waals surface area (Å²) in [6.45, 7) is -9.43. The van der Waals surface area contributed by atoms with E-state index < -0.39 is 68.5 Å². The minimum atomic E-state index is -3.46. The number of aliphatic hydroxyl groups excluding tert-OH is 1. The van der Waals surface area contributed by atoms with Crippen LogP contribution in [0.1, 0.15) is 62.9 Å². The molecule has 1 saturated heterocycles. The van der Waals surface area contributed by atoms with Crippen LogP contribution in [0.5, 0.6) is 11.5 Å². The largest absolute Gasteiger partial charge is 0.493 e. The maximum atomic E-state index is 11.2. The molecule has 2 heterocycles. The van der Waals surface area contributed by atoms with Crippen molar-refractivity contribution in [3.05, 3.63) is 23.3 Å². The Morgan fingerprint density at radius 1 is 1.48 bits per heavy atom. The van der Waals surface area contributed by atoms with Gasteiger partial charge in [0.1, 0.15) is 0 Å². The van der Waals surface area contributed by atoms with Gasteiger partial charge in [-0.05, 0) is 54.2 Å². The number of hydrogen-bond donors (Lipinski definition) is 1. The number of rotatable bonds is 4. The van der Waals surface area contributed by atoms with E-state index >= 15 is 0 Å². The van der Waals surface area contributed by atoms with Crippen molar-refractivity contribution < 1.29 is 33.8 Å². The van der Waals surface area contributed by atoms with E-state index in [0.29, 0.717) is 6.92 Å². The third-order valence-corrected chi connectivity index (χ3v) is 3.71. The quantitative estimate of drug-likeness (QED) is 0.920. The molecule has 1 fully saturated rings. The second-order valence-corrected chi connectivity index (χ2v) is 5.29. The first kappa shape index (κ1) is 6.57. The predicted molar refractivity (Wildman–Crippen MR) is 91.1 cm³/mol. The SMILES string of the molecule is [2H]C1([2H])[C@@H](O)[C@@H](C([2H])([2H])C([2H])(C)C([2H])([2H])[2H])C([2H])([2H])N2[C@@H]1c1cc(OC)c(OC)cc1C([2H])([2H])C2([2H])[2H]. The van der Waals surface area contributed by atoms with Crippen LogP contribution in [0.15, 0.2) is 12.1 Å². The van der Waals surface area contributed by atoms with Gasteiger partial charge in [0, 0.05) is 38.2 Å². The molecule has 2 aliphatic rings. The van der Waals surface area contributed by atoms with Crippen molar-refractivity contribution in [1.82, 2.24) is 4.90 Å². The van der Waals surface area contributed by atoms with Gasteiger partial charge in [-0.25, -0.2) is 0 Å². The van der Waals surface area contributed by atoms with Gasteiger partial charge in [0.05, 0.1) is 20.3 Å². The molecule has 0 saturated carbocycles. The first-order valence-corrected chi connectivity index (χ1v) is 7.12. The van der Waals surface area contributed by atoms with E-state index in [1.807, 2.05) is 0 Å². The summed E-state index contributed by atoms with van der Waals surface area (Å²) < 4.78 is 128. The van der Waals surface area contributed by atoms with Gasteiger partial charge >= 0.3 is 0 Å². The van der Waals surface area contributed by atoms with Crippen molar-refractivity contribution in [2.45, 2.75) is 45.0 Å². The Morgan fingerprint density at radius 3 is 2.91 bits per heavy atom. The highest BCUT2D eigenvalue weighted by molar-refractivity contribution is 5.49. The van der Waals surface area contributed by atoms with E-state index in [1.54, 1.807) is 0 Å². The second-order valence-electron chi connectivity index (χ2n) is 5.29. The first-order valence-electron chi connectivity index (χ1n) is 14.1. The lowest BCUT2D eigenvalue weighted by Crippen LogP contribution is -2.48. The summed E-state index contributed by atoms with van der Waals surface area (Å²) in [7, 11) is 2.50. The fourth-order valence-corrected chi connectivity index (χ4v) is 2.65. The van der Waals surface area contributed by atoms with E-state index in [2.05, 4.69) is 0 Å². The van der Waals surface area contributed by atoms with Crippen LogP contribution in [0.25, 0.3) is 0 Å². The molecule has 1 N–H and O–H groups in total. The van der Waals surface area contributed by atoms with Crippen LogP contribution in [0.4, 0.5) is 0 Å². The zero-order valence-electron chi connectivity index (χ0n) is 27.1. The molecule has 0 aromatic heterocycles. The molecule has 0 amide bonds. The van der Waals surface area contributed by atoms with Crippen LogP contribution >= 0.6 is 0 Å². The second kappa shape index (κ2) is 6.70. The van der Waals surface area contributed by atoms with Crippen LogP contribution in [0.3, 0.4) is 0 Å². The standard InChI is InChI=1S/C19H29NO3/c1-12(2)7-14-11-20-6-5-13-8-18(22-3)19(23-4)9-15(13)16(20)10-17(14)21/h8-9,12,14,16-17,21H,5-7,10-11H2,1-4H3/t14-,16-,17+/m0/s1/i1D3,5D2,6D2,7D2,10D2,11D2,12D/t12?,14-,16-,17+. The number of benzene rings is 1. The van der Waals surface area contributed by atoms with Crippen LogP contribution in [0.2, 0.25) is 0 Å². The molecule has 4 atom stereocenters. The summed E-state index contributed by atoms with van der Waals surface area (Å²) in [6, 6.07) is 0.233. The summed E-state index contributed by atoms with van der Waals surface area (Å²) in [5, 5.41) is 11.2. The monoisotopic (exact) mass is 333 g/mol. The molecule has 0 spiro atoms. The lowest BCUT2D eigenvalue weighted by molar-refractivity contribution is -0.0191. The van der Waals surface area contributed by atoms with Gasteiger partial charge < -0.3 is 14.6 Å². The molecule has 1 aromatic carbocycles. The summed E-state index contributed by atoms with van der Waals surface area (Å²) in [5.41, 5.74) is -0.660. The van der Waals surface area contributed by atoms with E-state index in [1.165, 1.54) is 14.2 Å². The highest BCUT2D eigenvalue weighted by Gasteiger charge is 2.38. The van der Waals surface area contributed by atoms with Crippen LogP contribution in [-0.4, -0.2) is 43.3 Å². The van der Waals surface area contributed by atoms with E-state index in [4.69, 9.17) is 28.7 Å². The van der Waals surface area contributed by atoms with Crippen molar-refractivity contribution in [2.24, 2.45) is 11.8 Å². The maximum absolute atomic E-state index is 11.2. The van der Waals surface area contributed by atoms with Crippen molar-refractivity contribution in [3.63, 3.8) is 0 Å². The van der Waals surface area contributed by atoms with Gasteiger partial charge in [-0.3, -0.25) is 4.90 Å². The average molecular weight is 334 g/mol. The molecule has 1 aromatic rings. The fourth-order valence-electron chi connectivity index (χ4n) is 2.65. The molecule has 4 heteroatoms. The van der Waals surface area contributed by atoms with Crippen molar-refractivity contribution in [2.75, 3.05) is 27.2 Å². The minimum Gasteiger partial charge on any atom is -0.493 e. The van der Waals surface area contributed by atoms with Gasteiger partial charge in [-0.2, -0.15) is 0 Å². The average Bonchev–Trinajstić information content (AvgIpc) is 2.72. The molecular weight excluding hydrogens is 290 g/mol. The molecule has 2 aliphatic heterocycles. The number of fused-ring (bicyclic) bond motifs is 3. The Kier molecular flexibility index (Phi) is 1.91. The highest BCUT2D eigenvalue weighted by Crippen LogP contribution is 2.43. The van der Waals surface area contributed by atoms with E-state index in [0.717, 1.165) is 12.1 Å². The summed E-state index contributed by atoms with van der Waals surface area (Å²) in [6.07, 6.45) is -12.1. The fraction of sp³-hybridized carbons (Fsp3) is 0.684. The number of ether oxygens (including phenoxy) is 2. The molecule has 1 unspecified atom stereocenters. The van der Waals surface area contributed by atoms with Crippen molar-refractivity contribution in [3.8, 4) is 11.5 Å². The van der Waals surface area contributed by atoms with Gasteiger partial charge in [0.15, 0.2) is 11.5 Å². The summed E-state index contributed by atoms with van der Waals surface area (Å²) in [5.74, 6) is -5.71. The van der Waals surface area contributed by atoms with Gasteiger partial charge in [0.25, 0.3) is 0 Å². The Hall–Kier alpha value is -1.26. The van der Waals surface area contributed by atoms with E-state index in [9.17, 15) is 5.11 Å². The maximum Gasteiger partial charge on any atom is 0.161 e. The summed E-state index contributed by atoms with van der Waals surface area (Å²) >= 11 is 0. The topological polar surface area (TPSA) is 41.9 Å². The molecule has 0 radical (unpaired) electrons. The highest BCUT2D eigenvalue weighted by atomic mass is 16.5. The Balaban J connectivity index is 2.42. The van der Waals surface area contributed by atoms with E-state index in [-0.39, 0.29) is 22.0 Å². The molecular formula is C19H29NO3. The Morgan fingerprint density at radius 2 is 2.22 bits per heavy atom. The molecule has 0 bridgehead atoms. The first-order chi connectivity index (χ1) is 16.4. The molecule has 0 aliphatic carbocycles. The third kappa shape index (κ3) is 3.20. The number of nitrogens with zero attached hydrogens (tertiary/aromatic N) is 1. The van der Waals surface area contributed by atoms with Crippen molar-refractivity contribution in [1.29, 1.82) is 0 Å². The molecule has 23 heavy (non-hydrogen) atoms. The minimum absolute atomic E-state index is 0.00818. The number of aliphatic hydroxyl groups is 1. The van der Waals surface area contributed by atoms with Crippen LogP contribution in [0, 0.1) is 11.8 Å². The third-order valence-electron chi connectivity index (χ3n) is 3.71. The number of methoxy groups -OCH3 is 2. The lowest BCUT2D eigenvalue weighted by Gasteiger charge is -2.46. The van der Waals surface area contributed by atoms with Gasteiger partial charge in [-0.15, -0.1) is 0 Å². The normalized spacial score (nSPS) is 49.0. The Bertz CT molecular complexity index is 1070. The number of hydrogen-bond acceptors (Lipinski definition) is 4. The molecule has 128 valence electrons. The molecule has 3 rings (SSSR count). The number of piperidine rings is 1.